The highest BCUT2D eigenvalue weighted by atomic mass is 32.2. The number of carbonyl (C=O) groups excluding carboxylic acids is 1. The van der Waals surface area contributed by atoms with Crippen LogP contribution in [-0.4, -0.2) is 69.5 Å². The fraction of sp³-hybridized carbons (Fsp3) is 0.483. The van der Waals surface area contributed by atoms with Crippen LogP contribution in [0.4, 0.5) is 13.2 Å². The van der Waals surface area contributed by atoms with E-state index in [1.807, 2.05) is 0 Å². The second kappa shape index (κ2) is 13.9. The summed E-state index contributed by atoms with van der Waals surface area (Å²) >= 11 is 0. The molecular weight excluding hydrogens is 577 g/mol. The Kier molecular flexibility index (Phi) is 10.5. The van der Waals surface area contributed by atoms with E-state index in [-0.39, 0.29) is 42.8 Å². The molecule has 0 radical (unpaired) electrons. The third-order valence-electron chi connectivity index (χ3n) is 7.33. The molecule has 1 heterocycles. The normalized spacial score (nSPS) is 19.8. The molecule has 4 rings (SSSR count). The first-order valence-corrected chi connectivity index (χ1v) is 15.2. The number of methoxy groups -OCH3 is 1. The van der Waals surface area contributed by atoms with Crippen LogP contribution in [0.2, 0.25) is 0 Å². The van der Waals surface area contributed by atoms with Crippen LogP contribution >= 0.6 is 0 Å². The predicted molar refractivity (Wildman–Crippen MR) is 147 cm³/mol. The molecule has 0 spiro atoms. The minimum absolute atomic E-state index is 0.00103. The van der Waals surface area contributed by atoms with Crippen LogP contribution in [0.5, 0.6) is 5.75 Å². The van der Waals surface area contributed by atoms with Crippen LogP contribution in [0.15, 0.2) is 65.3 Å². The Bertz CT molecular complexity index is 1330. The molecule has 2 aromatic rings. The molecule has 2 aromatic carbocycles. The highest BCUT2D eigenvalue weighted by Gasteiger charge is 2.33. The van der Waals surface area contributed by atoms with Crippen LogP contribution in [0.25, 0.3) is 0 Å². The molecule has 2 atom stereocenters. The Balaban J connectivity index is 1.47. The summed E-state index contributed by atoms with van der Waals surface area (Å²) in [5.41, 5.74) is -0.230. The summed E-state index contributed by atoms with van der Waals surface area (Å²) in [6.45, 7) is -0.837. The van der Waals surface area contributed by atoms with Crippen molar-refractivity contribution in [1.82, 2.24) is 9.62 Å². The lowest BCUT2D eigenvalue weighted by Crippen LogP contribution is -2.39. The number of aliphatic hydroxyl groups excluding tert-OH is 1. The zero-order valence-corrected chi connectivity index (χ0v) is 24.0. The fourth-order valence-electron chi connectivity index (χ4n) is 5.04. The highest BCUT2D eigenvalue weighted by Crippen LogP contribution is 2.35. The van der Waals surface area contributed by atoms with E-state index in [4.69, 9.17) is 14.2 Å². The smallest absolute Gasteiger partial charge is 0.416 e. The van der Waals surface area contributed by atoms with Gasteiger partial charge >= 0.3 is 6.18 Å². The summed E-state index contributed by atoms with van der Waals surface area (Å²) in [5.74, 6) is -0.423. The van der Waals surface area contributed by atoms with Gasteiger partial charge < -0.3 is 24.6 Å². The summed E-state index contributed by atoms with van der Waals surface area (Å²) < 4.78 is 83.6. The average molecular weight is 613 g/mol. The zero-order valence-electron chi connectivity index (χ0n) is 23.2. The SMILES string of the molecule is COc1ccc(S(=O)(=O)N(CCO)CCO[C@H]2C[C@@H](c3ccc(C(F)(F)F)cc3)C=C(C(=O)NC3CCCC3)O2)cc1. The molecule has 1 fully saturated rings. The van der Waals surface area contributed by atoms with E-state index in [0.717, 1.165) is 42.1 Å². The maximum absolute atomic E-state index is 13.2. The maximum atomic E-state index is 13.2. The summed E-state index contributed by atoms with van der Waals surface area (Å²) in [6, 6.07) is 10.6. The van der Waals surface area contributed by atoms with Gasteiger partial charge in [-0.1, -0.05) is 25.0 Å². The number of allylic oxidation sites excluding steroid dienone is 1. The molecule has 0 unspecified atom stereocenters. The number of nitrogens with one attached hydrogen (secondary N) is 1. The number of alkyl halides is 3. The standard InChI is InChI=1S/C29H35F3N2O7S/c1-39-24-10-12-25(13-11-24)42(37,38)34(14-16-35)15-17-40-27-19-21(20-6-8-22(9-7-20)29(30,31)32)18-26(41-27)28(36)33-23-4-2-3-5-23/h6-13,18,21,23,27,35H,2-5,14-17,19H2,1H3,(H,33,36)/t21-,27+/m0/s1. The number of hydrogen-bond acceptors (Lipinski definition) is 7. The quantitative estimate of drug-likeness (QED) is 0.370. The number of ether oxygens (including phenoxy) is 3. The van der Waals surface area contributed by atoms with E-state index in [9.17, 15) is 31.5 Å². The van der Waals surface area contributed by atoms with Gasteiger partial charge in [-0.2, -0.15) is 17.5 Å². The second-order valence-corrected chi connectivity index (χ2v) is 12.1. The minimum Gasteiger partial charge on any atom is -0.497 e. The Hall–Kier alpha value is -3.13. The van der Waals surface area contributed by atoms with Gasteiger partial charge in [-0.3, -0.25) is 4.79 Å². The van der Waals surface area contributed by atoms with Gasteiger partial charge in [0, 0.05) is 31.5 Å². The summed E-state index contributed by atoms with van der Waals surface area (Å²) in [7, 11) is -2.50. The largest absolute Gasteiger partial charge is 0.497 e. The molecule has 1 aliphatic carbocycles. The van der Waals surface area contributed by atoms with Crippen LogP contribution in [0.3, 0.4) is 0 Å². The number of benzene rings is 2. The summed E-state index contributed by atoms with van der Waals surface area (Å²) in [4.78, 5) is 13.0. The average Bonchev–Trinajstić information content (AvgIpc) is 3.49. The van der Waals surface area contributed by atoms with Crippen molar-refractivity contribution in [1.29, 1.82) is 0 Å². The third kappa shape index (κ3) is 8.03. The van der Waals surface area contributed by atoms with Gasteiger partial charge in [-0.05, 0) is 60.9 Å². The maximum Gasteiger partial charge on any atom is 0.416 e. The van der Waals surface area contributed by atoms with Crippen molar-refractivity contribution in [2.45, 2.75) is 61.4 Å². The number of carbonyl (C=O) groups is 1. The Morgan fingerprint density at radius 2 is 1.74 bits per heavy atom. The van der Waals surface area contributed by atoms with Gasteiger partial charge in [0.1, 0.15) is 5.75 Å². The van der Waals surface area contributed by atoms with Gasteiger partial charge in [0.2, 0.25) is 16.3 Å². The first kappa shape index (κ1) is 31.8. The molecule has 1 saturated carbocycles. The van der Waals surface area contributed by atoms with E-state index in [1.165, 1.54) is 43.5 Å². The van der Waals surface area contributed by atoms with Crippen molar-refractivity contribution < 1.29 is 45.7 Å². The predicted octanol–water partition coefficient (Wildman–Crippen LogP) is 4.19. The molecular formula is C29H35F3N2O7S. The number of nitrogens with zero attached hydrogens (tertiary/aromatic N) is 1. The number of hydrogen-bond donors (Lipinski definition) is 2. The molecule has 1 aliphatic heterocycles. The van der Waals surface area contributed by atoms with Crippen LogP contribution in [0.1, 0.15) is 49.1 Å². The lowest BCUT2D eigenvalue weighted by atomic mass is 9.92. The van der Waals surface area contributed by atoms with Gasteiger partial charge in [0.25, 0.3) is 5.91 Å². The number of rotatable bonds is 12. The number of sulfonamides is 1. The number of aliphatic hydroxyl groups is 1. The number of halogens is 3. The molecule has 2 aliphatic rings. The second-order valence-electron chi connectivity index (χ2n) is 10.2. The Morgan fingerprint density at radius 3 is 2.33 bits per heavy atom. The molecule has 13 heteroatoms. The van der Waals surface area contributed by atoms with Crippen molar-refractivity contribution in [2.75, 3.05) is 33.4 Å². The molecule has 42 heavy (non-hydrogen) atoms. The first-order chi connectivity index (χ1) is 20.0. The van der Waals surface area contributed by atoms with Gasteiger partial charge in [-0.15, -0.1) is 0 Å². The molecule has 2 N–H and O–H groups in total. The van der Waals surface area contributed by atoms with E-state index < -0.39 is 46.5 Å². The third-order valence-corrected chi connectivity index (χ3v) is 9.24. The summed E-state index contributed by atoms with van der Waals surface area (Å²) in [6.07, 6.45) is 0.0502. The van der Waals surface area contributed by atoms with Crippen molar-refractivity contribution in [2.24, 2.45) is 0 Å². The van der Waals surface area contributed by atoms with E-state index in [1.54, 1.807) is 6.08 Å². The topological polar surface area (TPSA) is 114 Å². The lowest BCUT2D eigenvalue weighted by Gasteiger charge is -2.30. The zero-order chi connectivity index (χ0) is 30.3. The fourth-order valence-corrected chi connectivity index (χ4v) is 6.46. The molecule has 0 saturated heterocycles. The van der Waals surface area contributed by atoms with Crippen LogP contribution < -0.4 is 10.1 Å². The molecule has 0 aromatic heterocycles. The van der Waals surface area contributed by atoms with Crippen molar-refractivity contribution in [3.05, 3.63) is 71.5 Å². The van der Waals surface area contributed by atoms with Crippen molar-refractivity contribution >= 4 is 15.9 Å². The Morgan fingerprint density at radius 1 is 1.07 bits per heavy atom. The van der Waals surface area contributed by atoms with Gasteiger partial charge in [0.05, 0.1) is 30.8 Å². The Labute approximate surface area is 243 Å². The van der Waals surface area contributed by atoms with Gasteiger partial charge in [0.15, 0.2) is 5.76 Å². The van der Waals surface area contributed by atoms with Gasteiger partial charge in [-0.25, -0.2) is 8.42 Å². The summed E-state index contributed by atoms with van der Waals surface area (Å²) in [5, 5.41) is 12.5. The minimum atomic E-state index is -4.48. The molecule has 9 nitrogen and oxygen atoms in total. The van der Waals surface area contributed by atoms with E-state index in [0.29, 0.717) is 11.3 Å². The van der Waals surface area contributed by atoms with Crippen molar-refractivity contribution in [3.8, 4) is 5.75 Å². The molecule has 0 bridgehead atoms. The van der Waals surface area contributed by atoms with E-state index in [2.05, 4.69) is 5.32 Å². The number of amides is 1. The van der Waals surface area contributed by atoms with Crippen LogP contribution in [0, 0.1) is 0 Å². The lowest BCUT2D eigenvalue weighted by molar-refractivity contribution is -0.146. The molecule has 1 amide bonds. The highest BCUT2D eigenvalue weighted by molar-refractivity contribution is 7.89. The van der Waals surface area contributed by atoms with Crippen LogP contribution in [-0.2, 0) is 30.5 Å². The molecule has 230 valence electrons. The van der Waals surface area contributed by atoms with E-state index >= 15 is 0 Å². The monoisotopic (exact) mass is 612 g/mol. The van der Waals surface area contributed by atoms with Crippen molar-refractivity contribution in [3.63, 3.8) is 0 Å². The first-order valence-electron chi connectivity index (χ1n) is 13.7.